The van der Waals surface area contributed by atoms with Gasteiger partial charge in [0.05, 0.1) is 11.9 Å². The summed E-state index contributed by atoms with van der Waals surface area (Å²) in [7, 11) is 0. The van der Waals surface area contributed by atoms with Crippen LogP contribution in [0.5, 0.6) is 11.5 Å². The number of carbonyl (C=O) groups excluding carboxylic acids is 2. The van der Waals surface area contributed by atoms with Crippen LogP contribution in [-0.2, 0) is 41.9 Å². The van der Waals surface area contributed by atoms with Gasteiger partial charge in [-0.25, -0.2) is 0 Å². The molecule has 0 saturated heterocycles. The van der Waals surface area contributed by atoms with E-state index in [0.29, 0.717) is 0 Å². The first-order chi connectivity index (χ1) is 12.2. The number of carbonyl (C=O) groups is 2. The van der Waals surface area contributed by atoms with Crippen molar-refractivity contribution in [2.75, 3.05) is 0 Å². The molecule has 2 aromatic rings. The van der Waals surface area contributed by atoms with Gasteiger partial charge in [0.25, 0.3) is 0 Å². The molecule has 0 radical (unpaired) electrons. The Kier molecular flexibility index (Phi) is 10.9. The molecule has 6 N–H and O–H groups in total. The SMILES string of the molecule is NC(Cc1ccc(O)cc1)C(=O)[O-].NC(Cc1ccc(O)cc1)C(=O)[O-].[Zn+2]. The van der Waals surface area contributed by atoms with Crippen molar-refractivity contribution in [2.45, 2.75) is 24.9 Å². The molecule has 0 aliphatic rings. The second-order valence-corrected chi connectivity index (χ2v) is 5.59. The van der Waals surface area contributed by atoms with Gasteiger partial charge in [-0.15, -0.1) is 0 Å². The van der Waals surface area contributed by atoms with Gasteiger partial charge in [-0.2, -0.15) is 0 Å². The van der Waals surface area contributed by atoms with Crippen LogP contribution in [0.25, 0.3) is 0 Å². The summed E-state index contributed by atoms with van der Waals surface area (Å²) in [5.41, 5.74) is 12.0. The number of benzene rings is 2. The molecule has 0 saturated carbocycles. The number of hydrogen-bond donors (Lipinski definition) is 4. The Morgan fingerprint density at radius 1 is 0.741 bits per heavy atom. The summed E-state index contributed by atoms with van der Waals surface area (Å²) in [5.74, 6) is -2.25. The second-order valence-electron chi connectivity index (χ2n) is 5.59. The van der Waals surface area contributed by atoms with E-state index in [1.807, 2.05) is 0 Å². The molecule has 9 heteroatoms. The number of phenols is 2. The largest absolute Gasteiger partial charge is 2.00 e. The number of phenolic OH excluding ortho intramolecular Hbond substituents is 2. The summed E-state index contributed by atoms with van der Waals surface area (Å²) in [5, 5.41) is 38.5. The third-order valence-corrected chi connectivity index (χ3v) is 3.39. The molecule has 8 nitrogen and oxygen atoms in total. The summed E-state index contributed by atoms with van der Waals surface area (Å²) in [6.07, 6.45) is 0.422. The smallest absolute Gasteiger partial charge is 0.548 e. The second kappa shape index (κ2) is 12.0. The Hall–Kier alpha value is -2.48. The van der Waals surface area contributed by atoms with E-state index >= 15 is 0 Å². The minimum absolute atomic E-state index is 0. The standard InChI is InChI=1S/2C9H11NO3.Zn/c2*10-8(9(12)13)5-6-1-3-7(11)4-2-6;/h2*1-4,8,11H,5,10H2,(H,12,13);/q;;+2/p-2. The zero-order valence-corrected chi connectivity index (χ0v) is 17.5. The number of rotatable bonds is 6. The molecule has 0 aliphatic heterocycles. The number of aromatic hydroxyl groups is 2. The molecule has 27 heavy (non-hydrogen) atoms. The normalized spacial score (nSPS) is 11.9. The van der Waals surface area contributed by atoms with Crippen LogP contribution in [0.2, 0.25) is 0 Å². The topological polar surface area (TPSA) is 173 Å². The van der Waals surface area contributed by atoms with E-state index in [1.54, 1.807) is 24.3 Å². The van der Waals surface area contributed by atoms with E-state index in [0.717, 1.165) is 11.1 Å². The number of carboxylic acid groups (broad SMARTS) is 2. The van der Waals surface area contributed by atoms with E-state index in [1.165, 1.54) is 24.3 Å². The Morgan fingerprint density at radius 2 is 1.00 bits per heavy atom. The number of hydrogen-bond acceptors (Lipinski definition) is 8. The first-order valence-corrected chi connectivity index (χ1v) is 7.67. The average molecular weight is 426 g/mol. The van der Waals surface area contributed by atoms with Crippen LogP contribution in [0.4, 0.5) is 0 Å². The molecule has 0 bridgehead atoms. The van der Waals surface area contributed by atoms with E-state index in [2.05, 4.69) is 0 Å². The van der Waals surface area contributed by atoms with E-state index in [-0.39, 0.29) is 43.8 Å². The predicted molar refractivity (Wildman–Crippen MR) is 89.6 cm³/mol. The summed E-state index contributed by atoms with van der Waals surface area (Å²) in [6.45, 7) is 0. The first-order valence-electron chi connectivity index (χ1n) is 7.67. The van der Waals surface area contributed by atoms with Crippen LogP contribution in [-0.4, -0.2) is 34.2 Å². The molecule has 2 rings (SSSR count). The van der Waals surface area contributed by atoms with Crippen molar-refractivity contribution in [3.05, 3.63) is 59.7 Å². The van der Waals surface area contributed by atoms with Crippen LogP contribution in [0.1, 0.15) is 11.1 Å². The van der Waals surface area contributed by atoms with Gasteiger partial charge < -0.3 is 41.5 Å². The molecular formula is C18H20N2O6Zn. The third-order valence-electron chi connectivity index (χ3n) is 3.39. The van der Waals surface area contributed by atoms with Crippen LogP contribution in [0.3, 0.4) is 0 Å². The summed E-state index contributed by atoms with van der Waals surface area (Å²) in [4.78, 5) is 20.6. The maximum atomic E-state index is 10.3. The monoisotopic (exact) mass is 424 g/mol. The minimum Gasteiger partial charge on any atom is -0.548 e. The van der Waals surface area contributed by atoms with Crippen LogP contribution in [0, 0.1) is 0 Å². The van der Waals surface area contributed by atoms with Gasteiger partial charge in [0.2, 0.25) is 0 Å². The van der Waals surface area contributed by atoms with E-state index in [4.69, 9.17) is 21.7 Å². The fraction of sp³-hybridized carbons (Fsp3) is 0.222. The van der Waals surface area contributed by atoms with Crippen molar-refractivity contribution in [3.63, 3.8) is 0 Å². The van der Waals surface area contributed by atoms with Gasteiger partial charge in [0, 0.05) is 12.1 Å². The molecular weight excluding hydrogens is 406 g/mol. The molecule has 2 unspecified atom stereocenters. The van der Waals surface area contributed by atoms with Crippen LogP contribution >= 0.6 is 0 Å². The third kappa shape index (κ3) is 9.70. The quantitative estimate of drug-likeness (QED) is 0.385. The molecule has 0 fully saturated rings. The van der Waals surface area contributed by atoms with Gasteiger partial charge >= 0.3 is 19.5 Å². The Bertz CT molecular complexity index is 658. The molecule has 0 aliphatic carbocycles. The van der Waals surface area contributed by atoms with Crippen molar-refractivity contribution in [1.29, 1.82) is 0 Å². The molecule has 2 atom stereocenters. The van der Waals surface area contributed by atoms with Crippen LogP contribution in [0.15, 0.2) is 48.5 Å². The van der Waals surface area contributed by atoms with Gasteiger partial charge in [-0.1, -0.05) is 24.3 Å². The van der Waals surface area contributed by atoms with Crippen molar-refractivity contribution in [2.24, 2.45) is 11.5 Å². The van der Waals surface area contributed by atoms with Gasteiger partial charge in [-0.3, -0.25) is 0 Å². The first kappa shape index (κ1) is 24.5. The van der Waals surface area contributed by atoms with E-state index in [9.17, 15) is 19.8 Å². The fourth-order valence-corrected chi connectivity index (χ4v) is 1.94. The van der Waals surface area contributed by atoms with E-state index < -0.39 is 24.0 Å². The van der Waals surface area contributed by atoms with Crippen molar-refractivity contribution in [1.82, 2.24) is 0 Å². The Balaban J connectivity index is 0.000000483. The molecule has 0 heterocycles. The fourth-order valence-electron chi connectivity index (χ4n) is 1.94. The average Bonchev–Trinajstić information content (AvgIpc) is 2.59. The maximum absolute atomic E-state index is 10.3. The van der Waals surface area contributed by atoms with Gasteiger partial charge in [-0.05, 0) is 48.2 Å². The predicted octanol–water partition coefficient (Wildman–Crippen LogP) is -1.98. The Labute approximate surface area is 169 Å². The number of carboxylic acids is 2. The Morgan fingerprint density at radius 3 is 1.22 bits per heavy atom. The van der Waals surface area contributed by atoms with Crippen molar-refractivity contribution in [3.8, 4) is 11.5 Å². The molecule has 2 aromatic carbocycles. The van der Waals surface area contributed by atoms with Gasteiger partial charge in [0.1, 0.15) is 11.5 Å². The zero-order chi connectivity index (χ0) is 19.7. The molecule has 0 amide bonds. The van der Waals surface area contributed by atoms with Crippen LogP contribution < -0.4 is 21.7 Å². The zero-order valence-electron chi connectivity index (χ0n) is 14.6. The molecule has 140 valence electrons. The minimum atomic E-state index is -1.27. The number of nitrogens with two attached hydrogens (primary N) is 2. The molecule has 0 aromatic heterocycles. The summed E-state index contributed by atoms with van der Waals surface area (Å²) in [6, 6.07) is 10.4. The summed E-state index contributed by atoms with van der Waals surface area (Å²) < 4.78 is 0. The van der Waals surface area contributed by atoms with Crippen molar-refractivity contribution >= 4 is 11.9 Å². The molecule has 0 spiro atoms. The summed E-state index contributed by atoms with van der Waals surface area (Å²) >= 11 is 0. The maximum Gasteiger partial charge on any atom is 2.00 e. The van der Waals surface area contributed by atoms with Crippen molar-refractivity contribution < 1.29 is 49.5 Å². The number of aliphatic carboxylic acids is 2. The van der Waals surface area contributed by atoms with Gasteiger partial charge in [0.15, 0.2) is 0 Å².